The van der Waals surface area contributed by atoms with Crippen LogP contribution >= 0.6 is 11.6 Å². The lowest BCUT2D eigenvalue weighted by Crippen LogP contribution is -2.45. The summed E-state index contributed by atoms with van der Waals surface area (Å²) in [5.41, 5.74) is 0.675. The van der Waals surface area contributed by atoms with Gasteiger partial charge >= 0.3 is 0 Å². The first-order chi connectivity index (χ1) is 12.1. The number of carbonyl (C=O) groups is 1. The van der Waals surface area contributed by atoms with Gasteiger partial charge in [0.15, 0.2) is 0 Å². The molecule has 3 aliphatic rings. The van der Waals surface area contributed by atoms with E-state index in [4.69, 9.17) is 11.6 Å². The van der Waals surface area contributed by atoms with Crippen molar-refractivity contribution < 1.29 is 9.18 Å². The van der Waals surface area contributed by atoms with Crippen molar-refractivity contribution in [3.8, 4) is 0 Å². The van der Waals surface area contributed by atoms with Gasteiger partial charge in [0.25, 0.3) is 0 Å². The maximum Gasteiger partial charge on any atom is 0.223 e. The van der Waals surface area contributed by atoms with Crippen LogP contribution in [0.3, 0.4) is 0 Å². The third-order valence-electron chi connectivity index (χ3n) is 6.43. The van der Waals surface area contributed by atoms with Gasteiger partial charge in [-0.25, -0.2) is 4.39 Å². The van der Waals surface area contributed by atoms with E-state index in [-0.39, 0.29) is 17.6 Å². The number of amides is 1. The fraction of sp³-hybridized carbons (Fsp3) is 0.650. The van der Waals surface area contributed by atoms with Gasteiger partial charge in [-0.15, -0.1) is 0 Å². The molecular weight excluding hydrogens is 339 g/mol. The molecule has 136 valence electrons. The SMILES string of the molecule is O=C(N[C@H]1C[C@H]2CC[C@H]1C2)C1CCN(Cc2ccc(Cl)cc2F)CC1. The van der Waals surface area contributed by atoms with Crippen LogP contribution in [-0.4, -0.2) is 29.9 Å². The van der Waals surface area contributed by atoms with Crippen LogP contribution in [0, 0.1) is 23.6 Å². The molecule has 0 unspecified atom stereocenters. The summed E-state index contributed by atoms with van der Waals surface area (Å²) in [7, 11) is 0. The number of rotatable bonds is 4. The summed E-state index contributed by atoms with van der Waals surface area (Å²) >= 11 is 5.81. The Morgan fingerprint density at radius 2 is 2.00 bits per heavy atom. The minimum Gasteiger partial charge on any atom is -0.353 e. The third kappa shape index (κ3) is 3.85. The molecule has 4 rings (SSSR count). The highest BCUT2D eigenvalue weighted by molar-refractivity contribution is 6.30. The lowest BCUT2D eigenvalue weighted by molar-refractivity contribution is -0.127. The minimum atomic E-state index is -0.247. The lowest BCUT2D eigenvalue weighted by atomic mass is 9.92. The number of nitrogens with one attached hydrogen (secondary N) is 1. The van der Waals surface area contributed by atoms with Crippen LogP contribution in [0.2, 0.25) is 5.02 Å². The van der Waals surface area contributed by atoms with E-state index in [1.54, 1.807) is 12.1 Å². The number of piperidine rings is 1. The van der Waals surface area contributed by atoms with Crippen LogP contribution in [0.15, 0.2) is 18.2 Å². The van der Waals surface area contributed by atoms with Gasteiger partial charge < -0.3 is 5.32 Å². The molecule has 1 amide bonds. The van der Waals surface area contributed by atoms with Gasteiger partial charge in [0.1, 0.15) is 5.82 Å². The molecule has 2 aliphatic carbocycles. The Hall–Kier alpha value is -1.13. The van der Waals surface area contributed by atoms with E-state index in [9.17, 15) is 9.18 Å². The Labute approximate surface area is 153 Å². The summed E-state index contributed by atoms with van der Waals surface area (Å²) in [6.45, 7) is 2.28. The van der Waals surface area contributed by atoms with Crippen molar-refractivity contribution >= 4 is 17.5 Å². The van der Waals surface area contributed by atoms with Crippen LogP contribution in [0.5, 0.6) is 0 Å². The number of carbonyl (C=O) groups excluding carboxylic acids is 1. The number of halogens is 2. The Morgan fingerprint density at radius 1 is 1.20 bits per heavy atom. The minimum absolute atomic E-state index is 0.116. The molecule has 1 aliphatic heterocycles. The molecule has 3 fully saturated rings. The standard InChI is InChI=1S/C20H26ClFN2O/c21-17-4-3-16(18(22)11-17)12-24-7-5-14(6-8-24)20(25)23-19-10-13-1-2-15(19)9-13/h3-4,11,13-15,19H,1-2,5-10,12H2,(H,23,25)/t13-,15-,19-/m0/s1. The molecule has 0 spiro atoms. The highest BCUT2D eigenvalue weighted by atomic mass is 35.5. The third-order valence-corrected chi connectivity index (χ3v) is 6.67. The Bertz CT molecular complexity index is 645. The van der Waals surface area contributed by atoms with Crippen LogP contribution in [0.25, 0.3) is 0 Å². The first kappa shape index (κ1) is 17.3. The molecule has 25 heavy (non-hydrogen) atoms. The number of likely N-dealkylation sites (tertiary alicyclic amines) is 1. The van der Waals surface area contributed by atoms with Gasteiger partial charge in [0.05, 0.1) is 0 Å². The smallest absolute Gasteiger partial charge is 0.223 e. The van der Waals surface area contributed by atoms with Crippen molar-refractivity contribution in [3.63, 3.8) is 0 Å². The second kappa shape index (κ2) is 7.24. The Kier molecular flexibility index (Phi) is 5.01. The van der Waals surface area contributed by atoms with Gasteiger partial charge in [-0.2, -0.15) is 0 Å². The van der Waals surface area contributed by atoms with Gasteiger partial charge in [-0.05, 0) is 69.2 Å². The number of fused-ring (bicyclic) bond motifs is 2. The average molecular weight is 365 g/mol. The fourth-order valence-corrected chi connectivity index (χ4v) is 5.12. The highest BCUT2D eigenvalue weighted by Gasteiger charge is 2.40. The molecule has 2 bridgehead atoms. The molecule has 1 aromatic rings. The summed E-state index contributed by atoms with van der Waals surface area (Å²) in [5, 5.41) is 3.76. The molecule has 2 saturated carbocycles. The van der Waals surface area contributed by atoms with Gasteiger partial charge in [0.2, 0.25) is 5.91 Å². The summed E-state index contributed by atoms with van der Waals surface area (Å²) < 4.78 is 13.9. The number of benzene rings is 1. The van der Waals surface area contributed by atoms with E-state index in [1.165, 1.54) is 31.7 Å². The Morgan fingerprint density at radius 3 is 2.64 bits per heavy atom. The second-order valence-corrected chi connectivity index (χ2v) is 8.51. The first-order valence-electron chi connectivity index (χ1n) is 9.55. The second-order valence-electron chi connectivity index (χ2n) is 8.08. The predicted molar refractivity (Wildman–Crippen MR) is 96.8 cm³/mol. The monoisotopic (exact) mass is 364 g/mol. The summed E-state index contributed by atoms with van der Waals surface area (Å²) in [5.74, 6) is 1.69. The molecular formula is C20H26ClFN2O. The zero-order valence-electron chi connectivity index (χ0n) is 14.5. The molecule has 3 nitrogen and oxygen atoms in total. The maximum atomic E-state index is 13.9. The number of hydrogen-bond donors (Lipinski definition) is 1. The van der Waals surface area contributed by atoms with E-state index in [0.29, 0.717) is 23.2 Å². The molecule has 1 saturated heterocycles. The number of hydrogen-bond acceptors (Lipinski definition) is 2. The first-order valence-corrected chi connectivity index (χ1v) is 9.93. The van der Waals surface area contributed by atoms with Crippen LogP contribution in [0.1, 0.15) is 44.1 Å². The molecule has 0 radical (unpaired) electrons. The van der Waals surface area contributed by atoms with E-state index in [0.717, 1.165) is 37.8 Å². The van der Waals surface area contributed by atoms with E-state index in [1.807, 2.05) is 0 Å². The largest absolute Gasteiger partial charge is 0.353 e. The number of nitrogens with zero attached hydrogens (tertiary/aromatic N) is 1. The maximum absolute atomic E-state index is 13.9. The molecule has 0 aromatic heterocycles. The molecule has 1 heterocycles. The Balaban J connectivity index is 1.26. The summed E-state index contributed by atoms with van der Waals surface area (Å²) in [4.78, 5) is 14.8. The average Bonchev–Trinajstić information content (AvgIpc) is 3.21. The quantitative estimate of drug-likeness (QED) is 0.875. The molecule has 1 aromatic carbocycles. The summed E-state index contributed by atoms with van der Waals surface area (Å²) in [6.07, 6.45) is 6.88. The van der Waals surface area contributed by atoms with Crippen molar-refractivity contribution in [1.82, 2.24) is 10.2 Å². The van der Waals surface area contributed by atoms with Crippen LogP contribution < -0.4 is 5.32 Å². The zero-order valence-corrected chi connectivity index (χ0v) is 15.3. The van der Waals surface area contributed by atoms with Crippen LogP contribution in [0.4, 0.5) is 4.39 Å². The van der Waals surface area contributed by atoms with Gasteiger partial charge in [-0.3, -0.25) is 9.69 Å². The van der Waals surface area contributed by atoms with Gasteiger partial charge in [0, 0.05) is 29.1 Å². The topological polar surface area (TPSA) is 32.3 Å². The normalized spacial score (nSPS) is 29.9. The van der Waals surface area contributed by atoms with Crippen molar-refractivity contribution in [1.29, 1.82) is 0 Å². The van der Waals surface area contributed by atoms with Crippen LogP contribution in [-0.2, 0) is 11.3 Å². The van der Waals surface area contributed by atoms with Crippen molar-refractivity contribution in [3.05, 3.63) is 34.6 Å². The summed E-state index contributed by atoms with van der Waals surface area (Å²) in [6, 6.07) is 5.28. The molecule has 1 N–H and O–H groups in total. The molecule has 3 atom stereocenters. The lowest BCUT2D eigenvalue weighted by Gasteiger charge is -2.33. The van der Waals surface area contributed by atoms with Crippen molar-refractivity contribution in [2.75, 3.05) is 13.1 Å². The predicted octanol–water partition coefficient (Wildman–Crippen LogP) is 4.00. The van der Waals surface area contributed by atoms with E-state index in [2.05, 4.69) is 10.2 Å². The fourth-order valence-electron chi connectivity index (χ4n) is 4.97. The van der Waals surface area contributed by atoms with Crippen molar-refractivity contribution in [2.45, 2.75) is 51.1 Å². The highest BCUT2D eigenvalue weighted by Crippen LogP contribution is 2.44. The van der Waals surface area contributed by atoms with Crippen molar-refractivity contribution in [2.24, 2.45) is 17.8 Å². The zero-order chi connectivity index (χ0) is 17.4. The van der Waals surface area contributed by atoms with Gasteiger partial charge in [-0.1, -0.05) is 24.1 Å². The van der Waals surface area contributed by atoms with E-state index < -0.39 is 0 Å². The van der Waals surface area contributed by atoms with E-state index >= 15 is 0 Å². The molecule has 5 heteroatoms.